The third-order valence-corrected chi connectivity index (χ3v) is 4.09. The summed E-state index contributed by atoms with van der Waals surface area (Å²) in [5.41, 5.74) is 1.72. The fourth-order valence-electron chi connectivity index (χ4n) is 2.58. The number of aromatic nitrogens is 1. The molecule has 0 bridgehead atoms. The van der Waals surface area contributed by atoms with Gasteiger partial charge in [0.2, 0.25) is 11.8 Å². The molecule has 1 aliphatic carbocycles. The van der Waals surface area contributed by atoms with Crippen molar-refractivity contribution >= 4 is 11.6 Å². The van der Waals surface area contributed by atoms with E-state index in [4.69, 9.17) is 9.47 Å². The van der Waals surface area contributed by atoms with Crippen molar-refractivity contribution < 1.29 is 14.3 Å². The van der Waals surface area contributed by atoms with E-state index >= 15 is 0 Å². The zero-order valence-corrected chi connectivity index (χ0v) is 13.3. The number of hydrogen-bond acceptors (Lipinski definition) is 4. The topological polar surface area (TPSA) is 60.5 Å². The van der Waals surface area contributed by atoms with Gasteiger partial charge >= 0.3 is 0 Å². The normalized spacial score (nSPS) is 19.7. The maximum atomic E-state index is 12.1. The van der Waals surface area contributed by atoms with Gasteiger partial charge in [0.25, 0.3) is 0 Å². The number of nitrogens with zero attached hydrogens (tertiary/aromatic N) is 1. The van der Waals surface area contributed by atoms with Gasteiger partial charge in [0.05, 0.1) is 6.10 Å². The molecule has 5 heteroatoms. The highest BCUT2D eigenvalue weighted by Gasteiger charge is 2.34. The molecule has 1 N–H and O–H groups in total. The van der Waals surface area contributed by atoms with Crippen LogP contribution in [0.5, 0.6) is 11.6 Å². The number of nitrogens with one attached hydrogen (secondary N) is 1. The number of hydrogen-bond donors (Lipinski definition) is 1. The van der Waals surface area contributed by atoms with E-state index in [1.807, 2.05) is 37.3 Å². The Hall–Kier alpha value is -2.40. The van der Waals surface area contributed by atoms with Crippen LogP contribution in [0.25, 0.3) is 0 Å². The lowest BCUT2D eigenvalue weighted by Gasteiger charge is -2.32. The molecule has 0 aliphatic heterocycles. The number of benzene rings is 1. The minimum Gasteiger partial charge on any atom is -0.439 e. The lowest BCUT2D eigenvalue weighted by Crippen LogP contribution is -2.38. The van der Waals surface area contributed by atoms with Crippen molar-refractivity contribution in [3.63, 3.8) is 0 Å². The molecule has 2 aromatic rings. The first-order valence-corrected chi connectivity index (χ1v) is 7.69. The summed E-state index contributed by atoms with van der Waals surface area (Å²) in [5.74, 6) is 1.37. The second-order valence-electron chi connectivity index (χ2n) is 5.77. The maximum Gasteiger partial charge on any atom is 0.227 e. The lowest BCUT2D eigenvalue weighted by atomic mass is 9.81. The van der Waals surface area contributed by atoms with Crippen molar-refractivity contribution in [3.8, 4) is 11.6 Å². The number of pyridine rings is 1. The molecule has 1 aromatic carbocycles. The number of carbonyl (C=O) groups excluding carboxylic acids is 1. The Balaban J connectivity index is 1.62. The van der Waals surface area contributed by atoms with Crippen molar-refractivity contribution in [1.29, 1.82) is 0 Å². The highest BCUT2D eigenvalue weighted by Crippen LogP contribution is 2.31. The van der Waals surface area contributed by atoms with Crippen LogP contribution in [0.1, 0.15) is 18.4 Å². The molecule has 1 aliphatic rings. The number of carbonyl (C=O) groups is 1. The molecule has 0 atom stereocenters. The van der Waals surface area contributed by atoms with Crippen LogP contribution in [-0.2, 0) is 9.53 Å². The van der Waals surface area contributed by atoms with Crippen LogP contribution < -0.4 is 10.1 Å². The Bertz CT molecular complexity index is 682. The first-order chi connectivity index (χ1) is 11.2. The molecule has 1 heterocycles. The quantitative estimate of drug-likeness (QED) is 0.917. The molecule has 1 amide bonds. The van der Waals surface area contributed by atoms with E-state index in [0.717, 1.165) is 29.8 Å². The van der Waals surface area contributed by atoms with Gasteiger partial charge in [-0.3, -0.25) is 4.79 Å². The third-order valence-electron chi connectivity index (χ3n) is 4.09. The van der Waals surface area contributed by atoms with Crippen LogP contribution in [0.3, 0.4) is 0 Å². The number of rotatable bonds is 5. The van der Waals surface area contributed by atoms with Crippen molar-refractivity contribution in [2.45, 2.75) is 25.9 Å². The predicted octanol–water partition coefficient (Wildman–Crippen LogP) is 3.55. The van der Waals surface area contributed by atoms with Gasteiger partial charge in [-0.05, 0) is 49.6 Å². The summed E-state index contributed by atoms with van der Waals surface area (Å²) >= 11 is 0. The smallest absolute Gasteiger partial charge is 0.227 e. The third kappa shape index (κ3) is 3.68. The summed E-state index contributed by atoms with van der Waals surface area (Å²) in [6, 6.07) is 11.1. The first kappa shape index (κ1) is 15.5. The van der Waals surface area contributed by atoms with Gasteiger partial charge in [-0.1, -0.05) is 6.07 Å². The highest BCUT2D eigenvalue weighted by molar-refractivity contribution is 5.93. The molecule has 120 valence electrons. The van der Waals surface area contributed by atoms with E-state index < -0.39 is 0 Å². The Morgan fingerprint density at radius 3 is 2.74 bits per heavy atom. The van der Waals surface area contributed by atoms with Gasteiger partial charge in [0.1, 0.15) is 5.75 Å². The summed E-state index contributed by atoms with van der Waals surface area (Å²) in [7, 11) is 1.68. The molecule has 23 heavy (non-hydrogen) atoms. The average molecular weight is 312 g/mol. The second-order valence-corrected chi connectivity index (χ2v) is 5.77. The van der Waals surface area contributed by atoms with Crippen molar-refractivity contribution in [2.75, 3.05) is 12.4 Å². The van der Waals surface area contributed by atoms with Gasteiger partial charge in [-0.2, -0.15) is 0 Å². The fourth-order valence-corrected chi connectivity index (χ4v) is 2.58. The van der Waals surface area contributed by atoms with Crippen LogP contribution >= 0.6 is 0 Å². The summed E-state index contributed by atoms with van der Waals surface area (Å²) in [4.78, 5) is 16.3. The molecule has 1 aromatic heterocycles. The monoisotopic (exact) mass is 312 g/mol. The lowest BCUT2D eigenvalue weighted by molar-refractivity contribution is -0.127. The molecule has 0 spiro atoms. The van der Waals surface area contributed by atoms with Crippen LogP contribution in [0.15, 0.2) is 42.6 Å². The van der Waals surface area contributed by atoms with Gasteiger partial charge in [0.15, 0.2) is 0 Å². The molecule has 0 radical (unpaired) electrons. The Kier molecular flexibility index (Phi) is 4.57. The molecule has 3 rings (SSSR count). The van der Waals surface area contributed by atoms with Gasteiger partial charge in [-0.15, -0.1) is 0 Å². The van der Waals surface area contributed by atoms with E-state index in [9.17, 15) is 4.79 Å². The van der Waals surface area contributed by atoms with Crippen LogP contribution in [-0.4, -0.2) is 24.1 Å². The summed E-state index contributed by atoms with van der Waals surface area (Å²) in [6.07, 6.45) is 3.50. The van der Waals surface area contributed by atoms with Crippen molar-refractivity contribution in [3.05, 3.63) is 48.2 Å². The van der Waals surface area contributed by atoms with E-state index in [-0.39, 0.29) is 17.9 Å². The minimum absolute atomic E-state index is 0.0460. The van der Waals surface area contributed by atoms with Crippen molar-refractivity contribution in [2.24, 2.45) is 5.92 Å². The van der Waals surface area contributed by atoms with Gasteiger partial charge in [-0.25, -0.2) is 4.98 Å². The SMILES string of the molecule is COC1CC(C(=O)Nc2ccc(Oc3ccccn3)c(C)c2)C1. The molecule has 5 nitrogen and oxygen atoms in total. The highest BCUT2D eigenvalue weighted by atomic mass is 16.5. The van der Waals surface area contributed by atoms with Gasteiger partial charge < -0.3 is 14.8 Å². The average Bonchev–Trinajstić information content (AvgIpc) is 2.50. The Morgan fingerprint density at radius 2 is 2.09 bits per heavy atom. The second kappa shape index (κ2) is 6.79. The zero-order chi connectivity index (χ0) is 16.2. The van der Waals surface area contributed by atoms with E-state index in [1.165, 1.54) is 0 Å². The number of amides is 1. The van der Waals surface area contributed by atoms with Crippen LogP contribution in [0, 0.1) is 12.8 Å². The van der Waals surface area contributed by atoms with Crippen LogP contribution in [0.4, 0.5) is 5.69 Å². The maximum absolute atomic E-state index is 12.1. The standard InChI is InChI=1S/C18H20N2O3/c1-12-9-14(20-18(21)13-10-15(11-13)22-2)6-7-16(12)23-17-5-3-4-8-19-17/h3-9,13,15H,10-11H2,1-2H3,(H,20,21). The number of anilines is 1. The number of ether oxygens (including phenoxy) is 2. The number of aryl methyl sites for hydroxylation is 1. The van der Waals surface area contributed by atoms with Gasteiger partial charge in [0, 0.05) is 31.0 Å². The molecular formula is C18H20N2O3. The van der Waals surface area contributed by atoms with E-state index in [1.54, 1.807) is 19.4 Å². The molecule has 1 fully saturated rings. The molecule has 0 unspecified atom stereocenters. The Labute approximate surface area is 135 Å². The van der Waals surface area contributed by atoms with Crippen LogP contribution in [0.2, 0.25) is 0 Å². The summed E-state index contributed by atoms with van der Waals surface area (Å²) < 4.78 is 10.9. The molecule has 1 saturated carbocycles. The van der Waals surface area contributed by atoms with E-state index in [0.29, 0.717) is 5.88 Å². The zero-order valence-electron chi connectivity index (χ0n) is 13.3. The number of methoxy groups -OCH3 is 1. The minimum atomic E-state index is 0.0460. The predicted molar refractivity (Wildman–Crippen MR) is 87.6 cm³/mol. The summed E-state index contributed by atoms with van der Waals surface area (Å²) in [5, 5.41) is 2.95. The summed E-state index contributed by atoms with van der Waals surface area (Å²) in [6.45, 7) is 1.94. The largest absolute Gasteiger partial charge is 0.439 e. The molecular weight excluding hydrogens is 292 g/mol. The fraction of sp³-hybridized carbons (Fsp3) is 0.333. The first-order valence-electron chi connectivity index (χ1n) is 7.69. The Morgan fingerprint density at radius 1 is 1.26 bits per heavy atom. The van der Waals surface area contributed by atoms with E-state index in [2.05, 4.69) is 10.3 Å². The molecule has 0 saturated heterocycles. The van der Waals surface area contributed by atoms with Crippen molar-refractivity contribution in [1.82, 2.24) is 4.98 Å².